The summed E-state index contributed by atoms with van der Waals surface area (Å²) in [6, 6.07) is 11.7. The number of anilines is 1. The summed E-state index contributed by atoms with van der Waals surface area (Å²) in [4.78, 5) is 0. The minimum atomic E-state index is 0.627. The average molecular weight is 257 g/mol. The van der Waals surface area contributed by atoms with Crippen molar-refractivity contribution in [1.29, 1.82) is 0 Å². The lowest BCUT2D eigenvalue weighted by atomic mass is 10.1. The average Bonchev–Trinajstić information content (AvgIpc) is 2.42. The van der Waals surface area contributed by atoms with Gasteiger partial charge in [-0.05, 0) is 48.7 Å². The van der Waals surface area contributed by atoms with Gasteiger partial charge >= 0.3 is 0 Å². The second-order valence-corrected chi connectivity index (χ2v) is 4.48. The van der Waals surface area contributed by atoms with Crippen LogP contribution in [0.1, 0.15) is 18.1 Å². The number of rotatable bonds is 4. The summed E-state index contributed by atoms with van der Waals surface area (Å²) in [5, 5.41) is 0. The number of aryl methyl sites for hydroxylation is 2. The van der Waals surface area contributed by atoms with Crippen molar-refractivity contribution in [3.8, 4) is 17.2 Å². The summed E-state index contributed by atoms with van der Waals surface area (Å²) >= 11 is 0. The molecule has 19 heavy (non-hydrogen) atoms. The first kappa shape index (κ1) is 13.3. The molecule has 0 bridgehead atoms. The van der Waals surface area contributed by atoms with E-state index in [1.807, 2.05) is 43.3 Å². The van der Waals surface area contributed by atoms with E-state index in [2.05, 4.69) is 6.92 Å². The molecule has 0 atom stereocenters. The molecule has 0 spiro atoms. The molecule has 2 aromatic rings. The number of nitrogens with two attached hydrogens (primary N) is 1. The van der Waals surface area contributed by atoms with Crippen molar-refractivity contribution in [2.45, 2.75) is 20.3 Å². The summed E-state index contributed by atoms with van der Waals surface area (Å²) in [7, 11) is 1.64. The molecule has 0 aliphatic heterocycles. The molecule has 100 valence electrons. The Bertz CT molecular complexity index is 579. The molecule has 0 unspecified atom stereocenters. The maximum absolute atomic E-state index is 5.95. The van der Waals surface area contributed by atoms with E-state index < -0.39 is 0 Å². The minimum absolute atomic E-state index is 0.627. The maximum Gasteiger partial charge on any atom is 0.169 e. The molecule has 0 saturated heterocycles. The second-order valence-electron chi connectivity index (χ2n) is 4.48. The Balaban J connectivity index is 2.32. The van der Waals surface area contributed by atoms with Crippen molar-refractivity contribution in [2.75, 3.05) is 12.8 Å². The maximum atomic E-state index is 5.95. The lowest BCUT2D eigenvalue weighted by molar-refractivity contribution is 0.379. The van der Waals surface area contributed by atoms with Gasteiger partial charge in [-0.2, -0.15) is 0 Å². The Morgan fingerprint density at radius 2 is 1.74 bits per heavy atom. The Kier molecular flexibility index (Phi) is 3.95. The molecule has 0 aromatic heterocycles. The number of hydrogen-bond acceptors (Lipinski definition) is 3. The first-order valence-corrected chi connectivity index (χ1v) is 6.35. The van der Waals surface area contributed by atoms with Gasteiger partial charge in [0, 0.05) is 0 Å². The van der Waals surface area contributed by atoms with Crippen LogP contribution in [-0.4, -0.2) is 7.11 Å². The standard InChI is InChI=1S/C16H19NO2/c1-4-12-6-8-15(16(10-12)18-3)19-14-7-5-11(2)9-13(14)17/h5-10H,4,17H2,1-3H3. The van der Waals surface area contributed by atoms with E-state index in [9.17, 15) is 0 Å². The molecular weight excluding hydrogens is 238 g/mol. The summed E-state index contributed by atoms with van der Waals surface area (Å²) in [5.41, 5.74) is 8.90. The van der Waals surface area contributed by atoms with Crippen molar-refractivity contribution in [1.82, 2.24) is 0 Å². The number of methoxy groups -OCH3 is 1. The van der Waals surface area contributed by atoms with Gasteiger partial charge in [-0.3, -0.25) is 0 Å². The van der Waals surface area contributed by atoms with Crippen LogP contribution in [-0.2, 0) is 6.42 Å². The predicted molar refractivity (Wildman–Crippen MR) is 78.0 cm³/mol. The third-order valence-electron chi connectivity index (χ3n) is 3.02. The summed E-state index contributed by atoms with van der Waals surface area (Å²) in [6.07, 6.45) is 0.962. The van der Waals surface area contributed by atoms with Crippen molar-refractivity contribution in [3.05, 3.63) is 47.5 Å². The van der Waals surface area contributed by atoms with Gasteiger partial charge in [0.05, 0.1) is 12.8 Å². The summed E-state index contributed by atoms with van der Waals surface area (Å²) in [5.74, 6) is 2.04. The highest BCUT2D eigenvalue weighted by Crippen LogP contribution is 2.35. The topological polar surface area (TPSA) is 44.5 Å². The first-order chi connectivity index (χ1) is 9.13. The molecule has 3 nitrogen and oxygen atoms in total. The highest BCUT2D eigenvalue weighted by Gasteiger charge is 2.08. The third-order valence-corrected chi connectivity index (χ3v) is 3.02. The van der Waals surface area contributed by atoms with Crippen molar-refractivity contribution < 1.29 is 9.47 Å². The fourth-order valence-corrected chi connectivity index (χ4v) is 1.90. The van der Waals surface area contributed by atoms with E-state index in [-0.39, 0.29) is 0 Å². The number of benzene rings is 2. The molecule has 0 amide bonds. The smallest absolute Gasteiger partial charge is 0.169 e. The van der Waals surface area contributed by atoms with Crippen LogP contribution in [0.15, 0.2) is 36.4 Å². The zero-order valence-electron chi connectivity index (χ0n) is 11.6. The number of nitrogen functional groups attached to an aromatic ring is 1. The fraction of sp³-hybridized carbons (Fsp3) is 0.250. The van der Waals surface area contributed by atoms with Crippen molar-refractivity contribution >= 4 is 5.69 Å². The predicted octanol–water partition coefficient (Wildman–Crippen LogP) is 3.94. The van der Waals surface area contributed by atoms with Gasteiger partial charge in [-0.25, -0.2) is 0 Å². The first-order valence-electron chi connectivity index (χ1n) is 6.35. The van der Waals surface area contributed by atoms with Crippen molar-refractivity contribution in [2.24, 2.45) is 0 Å². The number of ether oxygens (including phenoxy) is 2. The fourth-order valence-electron chi connectivity index (χ4n) is 1.90. The summed E-state index contributed by atoms with van der Waals surface area (Å²) in [6.45, 7) is 4.10. The molecule has 0 fully saturated rings. The highest BCUT2D eigenvalue weighted by molar-refractivity contribution is 5.57. The quantitative estimate of drug-likeness (QED) is 0.844. The van der Waals surface area contributed by atoms with Gasteiger partial charge in [-0.15, -0.1) is 0 Å². The van der Waals surface area contributed by atoms with Gasteiger partial charge in [0.25, 0.3) is 0 Å². The second kappa shape index (κ2) is 5.65. The largest absolute Gasteiger partial charge is 0.493 e. The monoisotopic (exact) mass is 257 g/mol. The van der Waals surface area contributed by atoms with Crippen LogP contribution in [0.2, 0.25) is 0 Å². The zero-order valence-corrected chi connectivity index (χ0v) is 11.6. The number of hydrogen-bond donors (Lipinski definition) is 1. The van der Waals surface area contributed by atoms with Crippen molar-refractivity contribution in [3.63, 3.8) is 0 Å². The molecule has 2 N–H and O–H groups in total. The molecule has 0 radical (unpaired) electrons. The van der Waals surface area contributed by atoms with Gasteiger partial charge in [0.15, 0.2) is 17.2 Å². The van der Waals surface area contributed by atoms with Crippen LogP contribution in [0.3, 0.4) is 0 Å². The van der Waals surface area contributed by atoms with Crippen LogP contribution in [0, 0.1) is 6.92 Å². The van der Waals surface area contributed by atoms with E-state index in [0.29, 0.717) is 17.2 Å². The minimum Gasteiger partial charge on any atom is -0.493 e. The van der Waals surface area contributed by atoms with E-state index in [4.69, 9.17) is 15.2 Å². The Hall–Kier alpha value is -2.16. The van der Waals surface area contributed by atoms with Crippen LogP contribution in [0.25, 0.3) is 0 Å². The Labute approximate surface area is 114 Å². The van der Waals surface area contributed by atoms with E-state index >= 15 is 0 Å². The normalized spacial score (nSPS) is 10.3. The molecule has 2 rings (SSSR count). The van der Waals surface area contributed by atoms with Crippen LogP contribution in [0.4, 0.5) is 5.69 Å². The van der Waals surface area contributed by atoms with E-state index in [0.717, 1.165) is 17.7 Å². The molecule has 0 aliphatic rings. The van der Waals surface area contributed by atoms with E-state index in [1.54, 1.807) is 7.11 Å². The van der Waals surface area contributed by atoms with Gasteiger partial charge in [0.2, 0.25) is 0 Å². The lowest BCUT2D eigenvalue weighted by Gasteiger charge is -2.13. The Morgan fingerprint density at radius 3 is 2.37 bits per heavy atom. The molecular formula is C16H19NO2. The third kappa shape index (κ3) is 2.99. The molecule has 2 aromatic carbocycles. The molecule has 3 heteroatoms. The van der Waals surface area contributed by atoms with Gasteiger partial charge < -0.3 is 15.2 Å². The lowest BCUT2D eigenvalue weighted by Crippen LogP contribution is -1.95. The molecule has 0 saturated carbocycles. The Morgan fingerprint density at radius 1 is 1.00 bits per heavy atom. The molecule has 0 aliphatic carbocycles. The van der Waals surface area contributed by atoms with Gasteiger partial charge in [0.1, 0.15) is 0 Å². The van der Waals surface area contributed by atoms with Crippen LogP contribution < -0.4 is 15.2 Å². The van der Waals surface area contributed by atoms with Gasteiger partial charge in [-0.1, -0.05) is 19.1 Å². The SMILES string of the molecule is CCc1ccc(Oc2ccc(C)cc2N)c(OC)c1. The van der Waals surface area contributed by atoms with Crippen LogP contribution >= 0.6 is 0 Å². The van der Waals surface area contributed by atoms with Crippen LogP contribution in [0.5, 0.6) is 17.2 Å². The molecule has 0 heterocycles. The zero-order chi connectivity index (χ0) is 13.8. The highest BCUT2D eigenvalue weighted by atomic mass is 16.5. The van der Waals surface area contributed by atoms with E-state index in [1.165, 1.54) is 5.56 Å². The summed E-state index contributed by atoms with van der Waals surface area (Å²) < 4.78 is 11.2.